The summed E-state index contributed by atoms with van der Waals surface area (Å²) in [5.41, 5.74) is -0.793. The molecular formula is C16H21F2NO2. The van der Waals surface area contributed by atoms with E-state index >= 15 is 0 Å². The van der Waals surface area contributed by atoms with Gasteiger partial charge in [-0.3, -0.25) is 9.69 Å². The van der Waals surface area contributed by atoms with Gasteiger partial charge in [-0.2, -0.15) is 0 Å². The Morgan fingerprint density at radius 2 is 2.05 bits per heavy atom. The topological polar surface area (TPSA) is 40.5 Å². The number of hydrogen-bond acceptors (Lipinski definition) is 3. The Kier molecular flexibility index (Phi) is 4.74. The van der Waals surface area contributed by atoms with Gasteiger partial charge < -0.3 is 5.11 Å². The van der Waals surface area contributed by atoms with Crippen LogP contribution in [0.15, 0.2) is 18.2 Å². The van der Waals surface area contributed by atoms with Gasteiger partial charge in [0.15, 0.2) is 5.78 Å². The molecule has 2 rings (SSSR count). The number of Topliss-reactive ketones (excluding diaryl/α,β-unsaturated/α-hetero) is 1. The van der Waals surface area contributed by atoms with Gasteiger partial charge in [0.1, 0.15) is 11.6 Å². The van der Waals surface area contributed by atoms with Crippen molar-refractivity contribution in [3.63, 3.8) is 0 Å². The van der Waals surface area contributed by atoms with Crippen LogP contribution >= 0.6 is 0 Å². The Hall–Kier alpha value is -1.33. The third-order valence-electron chi connectivity index (χ3n) is 4.22. The summed E-state index contributed by atoms with van der Waals surface area (Å²) < 4.78 is 26.6. The second-order valence-electron chi connectivity index (χ2n) is 6.05. The largest absolute Gasteiger partial charge is 0.390 e. The molecule has 116 valence electrons. The van der Waals surface area contributed by atoms with Gasteiger partial charge in [0, 0.05) is 12.6 Å². The lowest BCUT2D eigenvalue weighted by Gasteiger charge is -2.27. The molecule has 2 atom stereocenters. The van der Waals surface area contributed by atoms with Crippen LogP contribution in [0.1, 0.15) is 43.5 Å². The Balaban J connectivity index is 2.12. The molecular weight excluding hydrogens is 276 g/mol. The van der Waals surface area contributed by atoms with E-state index in [1.165, 1.54) is 6.07 Å². The smallest absolute Gasteiger partial charge is 0.182 e. The number of halogens is 2. The number of carbonyl (C=O) groups is 1. The van der Waals surface area contributed by atoms with Gasteiger partial charge >= 0.3 is 0 Å². The highest BCUT2D eigenvalue weighted by atomic mass is 19.1. The second-order valence-corrected chi connectivity index (χ2v) is 6.05. The van der Waals surface area contributed by atoms with E-state index in [1.54, 1.807) is 13.8 Å². The first-order valence-electron chi connectivity index (χ1n) is 7.26. The van der Waals surface area contributed by atoms with Gasteiger partial charge in [-0.1, -0.05) is 0 Å². The average molecular weight is 297 g/mol. The Morgan fingerprint density at radius 3 is 2.71 bits per heavy atom. The summed E-state index contributed by atoms with van der Waals surface area (Å²) in [5, 5.41) is 10.1. The molecule has 0 saturated carbocycles. The Labute approximate surface area is 123 Å². The molecule has 0 aromatic heterocycles. The highest BCUT2D eigenvalue weighted by molar-refractivity contribution is 6.00. The molecule has 1 aromatic rings. The van der Waals surface area contributed by atoms with Crippen molar-refractivity contribution in [2.75, 3.05) is 13.1 Å². The lowest BCUT2D eigenvalue weighted by molar-refractivity contribution is 0.0427. The molecule has 2 unspecified atom stereocenters. The van der Waals surface area contributed by atoms with E-state index in [0.29, 0.717) is 25.9 Å². The SMILES string of the molecule is CC(C(=O)c1ccc(F)cc1F)N1CCCC(C)(O)CC1. The zero-order chi connectivity index (χ0) is 15.6. The first-order chi connectivity index (χ1) is 9.80. The molecule has 1 saturated heterocycles. The average Bonchev–Trinajstić information content (AvgIpc) is 2.58. The van der Waals surface area contributed by atoms with Crippen molar-refractivity contribution in [1.82, 2.24) is 4.90 Å². The number of benzene rings is 1. The number of aliphatic hydroxyl groups is 1. The Morgan fingerprint density at radius 1 is 1.33 bits per heavy atom. The fraction of sp³-hybridized carbons (Fsp3) is 0.562. The van der Waals surface area contributed by atoms with E-state index in [0.717, 1.165) is 18.6 Å². The van der Waals surface area contributed by atoms with Gasteiger partial charge in [0.25, 0.3) is 0 Å². The standard InChI is InChI=1S/C16H21F2NO2/c1-11(19-8-3-6-16(2,21)7-9-19)15(20)13-5-4-12(17)10-14(13)18/h4-5,10-11,21H,3,6-9H2,1-2H3. The summed E-state index contributed by atoms with van der Waals surface area (Å²) in [7, 11) is 0. The maximum absolute atomic E-state index is 13.7. The van der Waals surface area contributed by atoms with Crippen molar-refractivity contribution in [2.24, 2.45) is 0 Å². The molecule has 1 aromatic carbocycles. The molecule has 0 aliphatic carbocycles. The summed E-state index contributed by atoms with van der Waals surface area (Å²) in [4.78, 5) is 14.3. The summed E-state index contributed by atoms with van der Waals surface area (Å²) in [6.07, 6.45) is 2.06. The van der Waals surface area contributed by atoms with Crippen LogP contribution in [0.5, 0.6) is 0 Å². The zero-order valence-corrected chi connectivity index (χ0v) is 12.4. The molecule has 1 aliphatic heterocycles. The van der Waals surface area contributed by atoms with E-state index in [4.69, 9.17) is 0 Å². The fourth-order valence-corrected chi connectivity index (χ4v) is 2.75. The first-order valence-corrected chi connectivity index (χ1v) is 7.26. The van der Waals surface area contributed by atoms with Crippen LogP contribution in [0.25, 0.3) is 0 Å². The number of hydrogen-bond donors (Lipinski definition) is 1. The normalized spacial score (nSPS) is 25.4. The van der Waals surface area contributed by atoms with E-state index in [1.807, 2.05) is 4.90 Å². The molecule has 1 aliphatic rings. The monoisotopic (exact) mass is 297 g/mol. The van der Waals surface area contributed by atoms with Crippen LogP contribution in [0.2, 0.25) is 0 Å². The van der Waals surface area contributed by atoms with E-state index in [-0.39, 0.29) is 11.3 Å². The molecule has 3 nitrogen and oxygen atoms in total. The van der Waals surface area contributed by atoms with Crippen molar-refractivity contribution >= 4 is 5.78 Å². The van der Waals surface area contributed by atoms with Gasteiger partial charge in [0.05, 0.1) is 17.2 Å². The number of carbonyl (C=O) groups excluding carboxylic acids is 1. The maximum atomic E-state index is 13.7. The van der Waals surface area contributed by atoms with Crippen LogP contribution in [-0.2, 0) is 0 Å². The van der Waals surface area contributed by atoms with Gasteiger partial charge in [-0.25, -0.2) is 8.78 Å². The van der Waals surface area contributed by atoms with Crippen molar-refractivity contribution in [1.29, 1.82) is 0 Å². The third-order valence-corrected chi connectivity index (χ3v) is 4.22. The lowest BCUT2D eigenvalue weighted by Crippen LogP contribution is -2.40. The van der Waals surface area contributed by atoms with Gasteiger partial charge in [-0.05, 0) is 51.8 Å². The molecule has 21 heavy (non-hydrogen) atoms. The summed E-state index contributed by atoms with van der Waals surface area (Å²) in [6, 6.07) is 2.53. The predicted octanol–water partition coefficient (Wildman–Crippen LogP) is 2.77. The molecule has 1 N–H and O–H groups in total. The van der Waals surface area contributed by atoms with Gasteiger partial charge in [-0.15, -0.1) is 0 Å². The quantitative estimate of drug-likeness (QED) is 0.872. The van der Waals surface area contributed by atoms with Crippen molar-refractivity contribution < 1.29 is 18.7 Å². The summed E-state index contributed by atoms with van der Waals surface area (Å²) in [6.45, 7) is 4.79. The molecule has 0 amide bonds. The highest BCUT2D eigenvalue weighted by Crippen LogP contribution is 2.23. The minimum atomic E-state index is -0.825. The Bertz CT molecular complexity index is 531. The first kappa shape index (κ1) is 16.0. The third kappa shape index (κ3) is 3.86. The number of ketones is 1. The minimum Gasteiger partial charge on any atom is -0.390 e. The van der Waals surface area contributed by atoms with E-state index < -0.39 is 23.3 Å². The number of rotatable bonds is 3. The minimum absolute atomic E-state index is 0.0834. The van der Waals surface area contributed by atoms with E-state index in [2.05, 4.69) is 0 Å². The van der Waals surface area contributed by atoms with Crippen LogP contribution < -0.4 is 0 Å². The lowest BCUT2D eigenvalue weighted by atomic mass is 9.98. The molecule has 0 radical (unpaired) electrons. The predicted molar refractivity (Wildman–Crippen MR) is 76.2 cm³/mol. The molecule has 1 fully saturated rings. The molecule has 0 bridgehead atoms. The molecule has 5 heteroatoms. The van der Waals surface area contributed by atoms with E-state index in [9.17, 15) is 18.7 Å². The number of likely N-dealkylation sites (tertiary alicyclic amines) is 1. The van der Waals surface area contributed by atoms with Crippen LogP contribution in [0, 0.1) is 11.6 Å². The van der Waals surface area contributed by atoms with Crippen LogP contribution in [0.4, 0.5) is 8.78 Å². The molecule has 0 spiro atoms. The molecule has 1 heterocycles. The summed E-state index contributed by atoms with van der Waals surface area (Å²) in [5.74, 6) is -1.87. The fourth-order valence-electron chi connectivity index (χ4n) is 2.75. The maximum Gasteiger partial charge on any atom is 0.182 e. The van der Waals surface area contributed by atoms with Crippen molar-refractivity contribution in [3.8, 4) is 0 Å². The number of nitrogens with zero attached hydrogens (tertiary/aromatic N) is 1. The van der Waals surface area contributed by atoms with Crippen molar-refractivity contribution in [3.05, 3.63) is 35.4 Å². The van der Waals surface area contributed by atoms with Crippen molar-refractivity contribution in [2.45, 2.75) is 44.8 Å². The van der Waals surface area contributed by atoms with Gasteiger partial charge in [0.2, 0.25) is 0 Å². The van der Waals surface area contributed by atoms with Crippen LogP contribution in [-0.4, -0.2) is 40.5 Å². The van der Waals surface area contributed by atoms with Crippen LogP contribution in [0.3, 0.4) is 0 Å². The highest BCUT2D eigenvalue weighted by Gasteiger charge is 2.30. The second kappa shape index (κ2) is 6.20. The zero-order valence-electron chi connectivity index (χ0n) is 12.4. The summed E-state index contributed by atoms with van der Waals surface area (Å²) >= 11 is 0.